The molecular formula is C17H14N6O4. The summed E-state index contributed by atoms with van der Waals surface area (Å²) in [6, 6.07) is 6.88. The van der Waals surface area contributed by atoms with Gasteiger partial charge in [0, 0.05) is 23.8 Å². The molecule has 0 spiro atoms. The summed E-state index contributed by atoms with van der Waals surface area (Å²) in [4.78, 5) is 42.7. The average Bonchev–Trinajstić information content (AvgIpc) is 2.99. The number of amides is 2. The van der Waals surface area contributed by atoms with E-state index in [-0.39, 0.29) is 28.6 Å². The number of nitrogens with one attached hydrogen (secondary N) is 1. The largest absolute Gasteiger partial charge is 0.306 e. The Morgan fingerprint density at radius 1 is 1.26 bits per heavy atom. The van der Waals surface area contributed by atoms with Gasteiger partial charge in [-0.1, -0.05) is 12.6 Å². The number of hydrogen-bond acceptors (Lipinski definition) is 6. The fourth-order valence-corrected chi connectivity index (χ4v) is 2.34. The molecule has 2 heterocycles. The second kappa shape index (κ2) is 6.75. The van der Waals surface area contributed by atoms with Gasteiger partial charge < -0.3 is 5.32 Å². The highest BCUT2D eigenvalue weighted by atomic mass is 16.6. The first-order valence-corrected chi connectivity index (χ1v) is 7.76. The molecule has 1 aliphatic rings. The van der Waals surface area contributed by atoms with Crippen LogP contribution in [0.4, 0.5) is 11.5 Å². The maximum Gasteiger partial charge on any atom is 0.281 e. The number of non-ortho nitro benzene ring substituents is 1. The van der Waals surface area contributed by atoms with Crippen molar-refractivity contribution in [2.45, 2.75) is 13.8 Å². The molecule has 10 heteroatoms. The molecule has 136 valence electrons. The second-order valence-corrected chi connectivity index (χ2v) is 5.74. The van der Waals surface area contributed by atoms with Gasteiger partial charge in [-0.15, -0.1) is 0 Å². The van der Waals surface area contributed by atoms with Crippen LogP contribution in [0.15, 0.2) is 52.5 Å². The molecule has 27 heavy (non-hydrogen) atoms. The Balaban J connectivity index is 1.93. The van der Waals surface area contributed by atoms with Gasteiger partial charge in [-0.2, -0.15) is 14.8 Å². The third kappa shape index (κ3) is 3.54. The molecule has 1 aromatic carbocycles. The minimum atomic E-state index is -0.585. The molecule has 10 nitrogen and oxygen atoms in total. The van der Waals surface area contributed by atoms with Crippen molar-refractivity contribution < 1.29 is 14.5 Å². The van der Waals surface area contributed by atoms with E-state index >= 15 is 0 Å². The van der Waals surface area contributed by atoms with Crippen molar-refractivity contribution in [3.8, 4) is 0 Å². The van der Waals surface area contributed by atoms with Crippen LogP contribution in [-0.2, 0) is 4.79 Å². The Morgan fingerprint density at radius 2 is 2.00 bits per heavy atom. The van der Waals surface area contributed by atoms with E-state index in [0.29, 0.717) is 11.4 Å². The number of nitro benzene ring substituents is 1. The predicted octanol–water partition coefficient (Wildman–Crippen LogP) is 2.11. The van der Waals surface area contributed by atoms with Crippen LogP contribution in [-0.4, -0.2) is 38.2 Å². The summed E-state index contributed by atoms with van der Waals surface area (Å²) in [5.41, 5.74) is 1.04. The molecule has 0 saturated carbocycles. The lowest BCUT2D eigenvalue weighted by atomic mass is 10.2. The van der Waals surface area contributed by atoms with Gasteiger partial charge in [0.15, 0.2) is 0 Å². The standard InChI is InChI=1S/C17H14N6O4/c1-9-7-14(19-16(25)12-5-4-6-13(8-12)23(26)27)22(21-9)17-18-11(3)10(2)15(24)20-17/h4-8H,2H2,1,3H3,(H,19,25). The lowest BCUT2D eigenvalue weighted by Crippen LogP contribution is -2.25. The quantitative estimate of drug-likeness (QED) is 0.505. The molecule has 0 saturated heterocycles. The molecule has 0 bridgehead atoms. The number of benzene rings is 1. The van der Waals surface area contributed by atoms with Gasteiger partial charge >= 0.3 is 0 Å². The molecule has 2 aromatic rings. The van der Waals surface area contributed by atoms with Gasteiger partial charge in [-0.05, 0) is 19.9 Å². The monoisotopic (exact) mass is 366 g/mol. The zero-order valence-electron chi connectivity index (χ0n) is 14.5. The van der Waals surface area contributed by atoms with E-state index < -0.39 is 16.7 Å². The first-order chi connectivity index (χ1) is 12.8. The number of anilines is 1. The Bertz CT molecular complexity index is 1060. The van der Waals surface area contributed by atoms with Crippen LogP contribution in [0, 0.1) is 17.0 Å². The van der Waals surface area contributed by atoms with Crippen molar-refractivity contribution in [1.82, 2.24) is 9.78 Å². The summed E-state index contributed by atoms with van der Waals surface area (Å²) in [6.07, 6.45) is 0. The summed E-state index contributed by atoms with van der Waals surface area (Å²) in [6.45, 7) is 6.91. The lowest BCUT2D eigenvalue weighted by Gasteiger charge is -2.12. The van der Waals surface area contributed by atoms with E-state index in [4.69, 9.17) is 0 Å². The molecule has 1 N–H and O–H groups in total. The first-order valence-electron chi connectivity index (χ1n) is 7.76. The molecule has 0 aliphatic carbocycles. The van der Waals surface area contributed by atoms with Crippen molar-refractivity contribution in [2.24, 2.45) is 9.98 Å². The van der Waals surface area contributed by atoms with Crippen LogP contribution in [0.2, 0.25) is 0 Å². The van der Waals surface area contributed by atoms with Crippen molar-refractivity contribution >= 4 is 35.0 Å². The molecule has 1 aromatic heterocycles. The molecule has 1 aliphatic heterocycles. The van der Waals surface area contributed by atoms with Crippen molar-refractivity contribution in [3.63, 3.8) is 0 Å². The fraction of sp³-hybridized carbons (Fsp3) is 0.118. The van der Waals surface area contributed by atoms with Gasteiger partial charge in [-0.25, -0.2) is 4.99 Å². The smallest absolute Gasteiger partial charge is 0.281 e. The highest BCUT2D eigenvalue weighted by molar-refractivity contribution is 6.28. The number of rotatable bonds is 3. The molecular weight excluding hydrogens is 352 g/mol. The molecule has 0 atom stereocenters. The molecule has 0 fully saturated rings. The Labute approximate surface area is 153 Å². The number of aromatic nitrogens is 2. The third-order valence-corrected chi connectivity index (χ3v) is 3.75. The van der Waals surface area contributed by atoms with Gasteiger partial charge in [-0.3, -0.25) is 19.7 Å². The molecule has 2 amide bonds. The topological polar surface area (TPSA) is 132 Å². The number of aliphatic imine (C=N–C) groups is 2. The summed E-state index contributed by atoms with van der Waals surface area (Å²) >= 11 is 0. The second-order valence-electron chi connectivity index (χ2n) is 5.74. The van der Waals surface area contributed by atoms with E-state index in [9.17, 15) is 19.7 Å². The fourth-order valence-electron chi connectivity index (χ4n) is 2.34. The maximum atomic E-state index is 12.5. The van der Waals surface area contributed by atoms with E-state index in [1.54, 1.807) is 19.9 Å². The number of carbonyl (C=O) groups is 2. The Morgan fingerprint density at radius 3 is 2.67 bits per heavy atom. The van der Waals surface area contributed by atoms with Crippen LogP contribution in [0.3, 0.4) is 0 Å². The Kier molecular flexibility index (Phi) is 4.46. The Hall–Kier alpha value is -3.95. The van der Waals surface area contributed by atoms with E-state index in [2.05, 4.69) is 27.0 Å². The SMILES string of the molecule is C=C1C(=O)N=C(n2nc(C)cc2NC(=O)c2cccc([N+](=O)[O-])c2)N=C1C. The van der Waals surface area contributed by atoms with Gasteiger partial charge in [0.05, 0.1) is 21.9 Å². The minimum absolute atomic E-state index is 0.00709. The lowest BCUT2D eigenvalue weighted by molar-refractivity contribution is -0.384. The van der Waals surface area contributed by atoms with Crippen LogP contribution in [0.25, 0.3) is 0 Å². The summed E-state index contributed by atoms with van der Waals surface area (Å²) in [5, 5.41) is 17.7. The summed E-state index contributed by atoms with van der Waals surface area (Å²) < 4.78 is 1.22. The number of carbonyl (C=O) groups excluding carboxylic acids is 2. The van der Waals surface area contributed by atoms with Crippen LogP contribution in [0.5, 0.6) is 0 Å². The first kappa shape index (κ1) is 17.9. The maximum absolute atomic E-state index is 12.5. The zero-order chi connectivity index (χ0) is 19.7. The van der Waals surface area contributed by atoms with Crippen LogP contribution >= 0.6 is 0 Å². The van der Waals surface area contributed by atoms with Gasteiger partial charge in [0.1, 0.15) is 5.82 Å². The predicted molar refractivity (Wildman–Crippen MR) is 98.1 cm³/mol. The summed E-state index contributed by atoms with van der Waals surface area (Å²) in [5.74, 6) is -0.902. The number of nitro groups is 1. The average molecular weight is 366 g/mol. The number of hydrogen-bond donors (Lipinski definition) is 1. The van der Waals surface area contributed by atoms with E-state index in [1.165, 1.54) is 22.9 Å². The van der Waals surface area contributed by atoms with Gasteiger partial charge in [0.25, 0.3) is 23.5 Å². The van der Waals surface area contributed by atoms with Crippen molar-refractivity contribution in [2.75, 3.05) is 5.32 Å². The van der Waals surface area contributed by atoms with E-state index in [0.717, 1.165) is 6.07 Å². The normalized spacial score (nSPS) is 13.9. The van der Waals surface area contributed by atoms with Crippen LogP contribution in [0.1, 0.15) is 23.0 Å². The number of aryl methyl sites for hydroxylation is 1. The van der Waals surface area contributed by atoms with Crippen LogP contribution < -0.4 is 5.32 Å². The van der Waals surface area contributed by atoms with E-state index in [1.807, 2.05) is 0 Å². The number of nitrogens with zero attached hydrogens (tertiary/aromatic N) is 5. The highest BCUT2D eigenvalue weighted by Gasteiger charge is 2.22. The third-order valence-electron chi connectivity index (χ3n) is 3.75. The zero-order valence-corrected chi connectivity index (χ0v) is 14.5. The summed E-state index contributed by atoms with van der Waals surface area (Å²) in [7, 11) is 0. The minimum Gasteiger partial charge on any atom is -0.306 e. The highest BCUT2D eigenvalue weighted by Crippen LogP contribution is 2.18. The van der Waals surface area contributed by atoms with Gasteiger partial charge in [0.2, 0.25) is 0 Å². The molecule has 0 radical (unpaired) electrons. The van der Waals surface area contributed by atoms with Crippen molar-refractivity contribution in [1.29, 1.82) is 0 Å². The van der Waals surface area contributed by atoms with Crippen molar-refractivity contribution in [3.05, 3.63) is 63.9 Å². The molecule has 3 rings (SSSR count). The molecule has 0 unspecified atom stereocenters.